The minimum absolute atomic E-state index is 0.240. The third kappa shape index (κ3) is 2.87. The molecule has 1 rings (SSSR count). The van der Waals surface area contributed by atoms with Crippen molar-refractivity contribution in [3.63, 3.8) is 0 Å². The van der Waals surface area contributed by atoms with Crippen molar-refractivity contribution in [2.45, 2.75) is 6.42 Å². The van der Waals surface area contributed by atoms with E-state index < -0.39 is 0 Å². The summed E-state index contributed by atoms with van der Waals surface area (Å²) in [7, 11) is 0. The first kappa shape index (κ1) is 9.61. The smallest absolute Gasteiger partial charge is 0.191 e. The molecule has 0 amide bonds. The third-order valence-corrected chi connectivity index (χ3v) is 2.14. The largest absolute Gasteiger partial charge is 0.205 e. The molecule has 0 fully saturated rings. The lowest BCUT2D eigenvalue weighted by Gasteiger charge is -1.96. The van der Waals surface area contributed by atoms with Gasteiger partial charge in [0.15, 0.2) is 0 Å². The van der Waals surface area contributed by atoms with E-state index in [1.807, 2.05) is 24.3 Å². The number of halogens is 1. The standard InChI is InChI=1S/C8H8BrNOS/c9-6-5-7-1-3-8(4-2-7)10-12-11/h1-4H,5-6H2. The SMILES string of the molecule is O=S=Nc1ccc(CCBr)cc1. The monoisotopic (exact) mass is 245 g/mol. The number of hydrogen-bond donors (Lipinski definition) is 0. The Bertz CT molecular complexity index is 292. The molecule has 1 aromatic rings. The minimum atomic E-state index is 0.240. The molecule has 2 nitrogen and oxygen atoms in total. The molecule has 0 heterocycles. The number of benzene rings is 1. The highest BCUT2D eigenvalue weighted by Crippen LogP contribution is 2.12. The second-order valence-corrected chi connectivity index (χ2v) is 3.40. The number of alkyl halides is 1. The van der Waals surface area contributed by atoms with E-state index in [1.165, 1.54) is 5.56 Å². The van der Waals surface area contributed by atoms with Crippen molar-refractivity contribution in [3.05, 3.63) is 29.8 Å². The van der Waals surface area contributed by atoms with Gasteiger partial charge in [0, 0.05) is 5.33 Å². The van der Waals surface area contributed by atoms with E-state index in [2.05, 4.69) is 20.3 Å². The van der Waals surface area contributed by atoms with Gasteiger partial charge in [0.2, 0.25) is 11.5 Å². The lowest BCUT2D eigenvalue weighted by Crippen LogP contribution is -1.82. The Labute approximate surface area is 83.4 Å². The minimum Gasteiger partial charge on any atom is -0.191 e. The first-order chi connectivity index (χ1) is 5.86. The van der Waals surface area contributed by atoms with Gasteiger partial charge in [-0.05, 0) is 24.1 Å². The van der Waals surface area contributed by atoms with Crippen LogP contribution in [0.15, 0.2) is 28.6 Å². The molecular weight excluding hydrogens is 238 g/mol. The van der Waals surface area contributed by atoms with Gasteiger partial charge in [-0.1, -0.05) is 28.1 Å². The van der Waals surface area contributed by atoms with Crippen molar-refractivity contribution in [1.29, 1.82) is 0 Å². The summed E-state index contributed by atoms with van der Waals surface area (Å²) in [6.45, 7) is 0. The van der Waals surface area contributed by atoms with Crippen molar-refractivity contribution in [2.24, 2.45) is 4.36 Å². The summed E-state index contributed by atoms with van der Waals surface area (Å²) in [6, 6.07) is 7.67. The van der Waals surface area contributed by atoms with Gasteiger partial charge in [-0.3, -0.25) is 0 Å². The van der Waals surface area contributed by atoms with E-state index in [0.717, 1.165) is 17.4 Å². The molecule has 0 bridgehead atoms. The van der Waals surface area contributed by atoms with E-state index in [9.17, 15) is 4.21 Å². The highest BCUT2D eigenvalue weighted by molar-refractivity contribution is 9.09. The van der Waals surface area contributed by atoms with Crippen LogP contribution in [0.25, 0.3) is 0 Å². The number of aryl methyl sites for hydroxylation is 1. The second-order valence-electron chi connectivity index (χ2n) is 2.27. The summed E-state index contributed by atoms with van der Waals surface area (Å²) in [6.07, 6.45) is 1.00. The fourth-order valence-corrected chi connectivity index (χ4v) is 1.54. The van der Waals surface area contributed by atoms with Crippen molar-refractivity contribution >= 4 is 33.1 Å². The Morgan fingerprint density at radius 2 is 2.00 bits per heavy atom. The first-order valence-electron chi connectivity index (χ1n) is 3.52. The molecule has 0 unspecified atom stereocenters. The Hall–Kier alpha value is -0.480. The van der Waals surface area contributed by atoms with Crippen molar-refractivity contribution in [2.75, 3.05) is 5.33 Å². The highest BCUT2D eigenvalue weighted by atomic mass is 79.9. The van der Waals surface area contributed by atoms with Crippen LogP contribution < -0.4 is 0 Å². The third-order valence-electron chi connectivity index (χ3n) is 1.46. The van der Waals surface area contributed by atoms with Crippen LogP contribution in [0.1, 0.15) is 5.56 Å². The van der Waals surface area contributed by atoms with Crippen LogP contribution in [0.2, 0.25) is 0 Å². The molecule has 0 aromatic heterocycles. The molecule has 0 aliphatic rings. The maximum Gasteiger partial charge on any atom is 0.205 e. The lowest BCUT2D eigenvalue weighted by molar-refractivity contribution is 0.698. The molecule has 0 saturated heterocycles. The molecular formula is C8H8BrNOS. The molecule has 4 heteroatoms. The summed E-state index contributed by atoms with van der Waals surface area (Å²) >= 11 is 3.60. The van der Waals surface area contributed by atoms with E-state index in [0.29, 0.717) is 0 Å². The van der Waals surface area contributed by atoms with Gasteiger partial charge in [0.1, 0.15) is 0 Å². The predicted octanol–water partition coefficient (Wildman–Crippen LogP) is 2.65. The molecule has 0 aliphatic carbocycles. The normalized spacial score (nSPS) is 9.42. The molecule has 12 heavy (non-hydrogen) atoms. The second kappa shape index (κ2) is 5.22. The zero-order chi connectivity index (χ0) is 8.81. The van der Waals surface area contributed by atoms with E-state index in [4.69, 9.17) is 0 Å². The summed E-state index contributed by atoms with van der Waals surface area (Å²) in [5.74, 6) is 0. The van der Waals surface area contributed by atoms with Crippen molar-refractivity contribution in [1.82, 2.24) is 0 Å². The van der Waals surface area contributed by atoms with Crippen molar-refractivity contribution in [3.8, 4) is 0 Å². The van der Waals surface area contributed by atoms with E-state index in [-0.39, 0.29) is 11.5 Å². The fraction of sp³-hybridized carbons (Fsp3) is 0.250. The molecule has 0 saturated carbocycles. The Balaban J connectivity index is 2.77. The van der Waals surface area contributed by atoms with Crippen LogP contribution in [-0.2, 0) is 17.9 Å². The van der Waals surface area contributed by atoms with Gasteiger partial charge >= 0.3 is 0 Å². The summed E-state index contributed by atoms with van der Waals surface area (Å²) in [4.78, 5) is 0. The molecule has 1 aromatic carbocycles. The maximum absolute atomic E-state index is 10.1. The summed E-state index contributed by atoms with van der Waals surface area (Å²) in [5.41, 5.74) is 1.98. The van der Waals surface area contributed by atoms with Crippen LogP contribution in [0, 0.1) is 0 Å². The zero-order valence-electron chi connectivity index (χ0n) is 6.37. The van der Waals surface area contributed by atoms with Crippen LogP contribution in [0.4, 0.5) is 5.69 Å². The average molecular weight is 246 g/mol. The molecule has 0 radical (unpaired) electrons. The number of rotatable bonds is 3. The molecule has 0 atom stereocenters. The topological polar surface area (TPSA) is 29.4 Å². The van der Waals surface area contributed by atoms with Crippen LogP contribution >= 0.6 is 15.9 Å². The Morgan fingerprint density at radius 3 is 2.50 bits per heavy atom. The van der Waals surface area contributed by atoms with E-state index >= 15 is 0 Å². The van der Waals surface area contributed by atoms with Gasteiger partial charge in [-0.25, -0.2) is 0 Å². The van der Waals surface area contributed by atoms with E-state index in [1.54, 1.807) is 0 Å². The van der Waals surface area contributed by atoms with Gasteiger partial charge in [-0.15, -0.1) is 0 Å². The van der Waals surface area contributed by atoms with Gasteiger partial charge in [-0.2, -0.15) is 8.57 Å². The molecule has 0 N–H and O–H groups in total. The van der Waals surface area contributed by atoms with Crippen LogP contribution in [-0.4, -0.2) is 9.54 Å². The van der Waals surface area contributed by atoms with Gasteiger partial charge in [0.05, 0.1) is 5.69 Å². The molecule has 0 aliphatic heterocycles. The van der Waals surface area contributed by atoms with Gasteiger partial charge < -0.3 is 0 Å². The maximum atomic E-state index is 10.1. The van der Waals surface area contributed by atoms with Crippen LogP contribution in [0.3, 0.4) is 0 Å². The quantitative estimate of drug-likeness (QED) is 0.754. The number of hydrogen-bond acceptors (Lipinski definition) is 2. The lowest BCUT2D eigenvalue weighted by atomic mass is 10.2. The highest BCUT2D eigenvalue weighted by Gasteiger charge is 1.91. The average Bonchev–Trinajstić information content (AvgIpc) is 2.09. The van der Waals surface area contributed by atoms with Gasteiger partial charge in [0.25, 0.3) is 0 Å². The van der Waals surface area contributed by atoms with Crippen molar-refractivity contribution < 1.29 is 4.21 Å². The summed E-state index contributed by atoms with van der Waals surface area (Å²) < 4.78 is 13.7. The molecule has 64 valence electrons. The zero-order valence-corrected chi connectivity index (χ0v) is 8.77. The Kier molecular flexibility index (Phi) is 4.18. The predicted molar refractivity (Wildman–Crippen MR) is 54.2 cm³/mol. The number of nitrogens with zero attached hydrogens (tertiary/aromatic N) is 1. The Morgan fingerprint density at radius 1 is 1.33 bits per heavy atom. The van der Waals surface area contributed by atoms with Crippen LogP contribution in [0.5, 0.6) is 0 Å². The first-order valence-corrected chi connectivity index (χ1v) is 5.33. The summed E-state index contributed by atoms with van der Waals surface area (Å²) in [5, 5.41) is 0.958. The molecule has 0 spiro atoms. The fourth-order valence-electron chi connectivity index (χ4n) is 0.876.